The monoisotopic (exact) mass is 542 g/mol. The first kappa shape index (κ1) is 27.3. The smallest absolute Gasteiger partial charge is 0.330 e. The lowest BCUT2D eigenvalue weighted by Crippen LogP contribution is -2.43. The summed E-state index contributed by atoms with van der Waals surface area (Å²) in [6, 6.07) is 5.79. The first-order valence-electron chi connectivity index (χ1n) is 10.5. The van der Waals surface area contributed by atoms with Crippen molar-refractivity contribution in [2.24, 2.45) is 0 Å². The topological polar surface area (TPSA) is 160 Å². The van der Waals surface area contributed by atoms with E-state index in [0.29, 0.717) is 0 Å². The van der Waals surface area contributed by atoms with E-state index in [1.54, 1.807) is 19.1 Å². The minimum absolute atomic E-state index is 0.0389. The molecule has 0 aliphatic carbocycles. The van der Waals surface area contributed by atoms with Crippen molar-refractivity contribution < 1.29 is 36.4 Å². The molecule has 2 aromatic rings. The van der Waals surface area contributed by atoms with Gasteiger partial charge in [0.1, 0.15) is 18.8 Å². The van der Waals surface area contributed by atoms with Gasteiger partial charge in [0.15, 0.2) is 12.3 Å². The Labute approximate surface area is 210 Å². The highest BCUT2D eigenvalue weighted by atomic mass is 35.5. The van der Waals surface area contributed by atoms with Gasteiger partial charge in [-0.2, -0.15) is 8.42 Å². The van der Waals surface area contributed by atoms with E-state index < -0.39 is 64.5 Å². The molecule has 1 aliphatic heterocycles. The van der Waals surface area contributed by atoms with E-state index in [2.05, 4.69) is 4.98 Å². The first-order valence-corrected chi connectivity index (χ1v) is 12.4. The van der Waals surface area contributed by atoms with Gasteiger partial charge >= 0.3 is 17.6 Å². The van der Waals surface area contributed by atoms with Crippen LogP contribution in [-0.4, -0.2) is 54.8 Å². The summed E-state index contributed by atoms with van der Waals surface area (Å²) in [7, 11) is -4.43. The molecule has 2 heterocycles. The van der Waals surface area contributed by atoms with Gasteiger partial charge in [-0.3, -0.25) is 28.1 Å². The lowest BCUT2D eigenvalue weighted by atomic mass is 10.1. The van der Waals surface area contributed by atoms with Gasteiger partial charge in [0.2, 0.25) is 0 Å². The number of nitrogens with zero attached hydrogens (tertiary/aromatic N) is 1. The van der Waals surface area contributed by atoms with Crippen LogP contribution in [0.15, 0.2) is 50.5 Å². The van der Waals surface area contributed by atoms with Gasteiger partial charge in [-0.05, 0) is 25.1 Å². The number of carbonyl (C=O) groups excluding carboxylic acids is 2. The van der Waals surface area contributed by atoms with E-state index in [1.165, 1.54) is 18.2 Å². The molecule has 194 valence electrons. The highest BCUT2D eigenvalue weighted by molar-refractivity contribution is 7.86. The SMILES string of the molecule is CC(=O)OC[C@H]1O[C@@H](n2cc(/C=C/Cl)c(=O)[nH]c2=O)[C@H](OC(C)=O)[C@H]1OS(=O)(=O)c1ccc(C)cc1. The van der Waals surface area contributed by atoms with Crippen LogP contribution in [0.3, 0.4) is 0 Å². The average Bonchev–Trinajstić information content (AvgIpc) is 3.10. The molecule has 1 aromatic carbocycles. The molecule has 0 spiro atoms. The number of ether oxygens (including phenoxy) is 3. The fourth-order valence-electron chi connectivity index (χ4n) is 3.48. The van der Waals surface area contributed by atoms with Crippen LogP contribution in [0.2, 0.25) is 0 Å². The van der Waals surface area contributed by atoms with Crippen LogP contribution < -0.4 is 11.2 Å². The van der Waals surface area contributed by atoms with Crippen LogP contribution in [-0.2, 0) is 38.1 Å². The number of nitrogens with one attached hydrogen (secondary N) is 1. The largest absolute Gasteiger partial charge is 0.463 e. The van der Waals surface area contributed by atoms with E-state index in [9.17, 15) is 27.6 Å². The fraction of sp³-hybridized carbons (Fsp3) is 0.364. The summed E-state index contributed by atoms with van der Waals surface area (Å²) in [6.07, 6.45) is -3.47. The van der Waals surface area contributed by atoms with E-state index in [-0.39, 0.29) is 10.5 Å². The van der Waals surface area contributed by atoms with Crippen molar-refractivity contribution in [3.8, 4) is 0 Å². The molecule has 1 saturated heterocycles. The molecule has 1 fully saturated rings. The van der Waals surface area contributed by atoms with Crippen LogP contribution in [0.4, 0.5) is 0 Å². The number of carbonyl (C=O) groups is 2. The predicted octanol–water partition coefficient (Wildman–Crippen LogP) is 1.22. The molecule has 1 aromatic heterocycles. The standard InChI is InChI=1S/C22H23ClN2O10S/c1-12-4-6-16(7-5-12)36(30,31)35-18-17(11-32-13(2)26)34-21(19(18)33-14(3)27)25-10-15(8-9-23)20(28)24-22(25)29/h4-10,17-19,21H,11H2,1-3H3,(H,24,28,29)/b9-8+/t17-,18+,19-,21-/m1/s1. The Morgan fingerprint density at radius 2 is 1.81 bits per heavy atom. The average molecular weight is 543 g/mol. The van der Waals surface area contributed by atoms with Gasteiger partial charge in [0.25, 0.3) is 15.7 Å². The zero-order valence-corrected chi connectivity index (χ0v) is 20.9. The van der Waals surface area contributed by atoms with E-state index >= 15 is 0 Å². The lowest BCUT2D eigenvalue weighted by molar-refractivity contribution is -0.155. The summed E-state index contributed by atoms with van der Waals surface area (Å²) in [5.74, 6) is -1.52. The summed E-state index contributed by atoms with van der Waals surface area (Å²) in [4.78, 5) is 49.9. The van der Waals surface area contributed by atoms with Gasteiger partial charge in [0.05, 0.1) is 10.5 Å². The molecule has 0 unspecified atom stereocenters. The molecule has 36 heavy (non-hydrogen) atoms. The molecular formula is C22H23ClN2O10S. The van der Waals surface area contributed by atoms with Crippen molar-refractivity contribution in [2.75, 3.05) is 6.61 Å². The maximum atomic E-state index is 13.0. The zero-order valence-electron chi connectivity index (χ0n) is 19.4. The maximum absolute atomic E-state index is 13.0. The van der Waals surface area contributed by atoms with Crippen LogP contribution in [0.1, 0.15) is 31.2 Å². The van der Waals surface area contributed by atoms with Crippen molar-refractivity contribution >= 4 is 39.7 Å². The summed E-state index contributed by atoms with van der Waals surface area (Å²) in [5.41, 5.74) is 0.122. The number of hydrogen-bond donors (Lipinski definition) is 1. The van der Waals surface area contributed by atoms with Gasteiger partial charge in [0, 0.05) is 25.6 Å². The third-order valence-corrected chi connectivity index (χ3v) is 6.55. The molecule has 0 amide bonds. The van der Waals surface area contributed by atoms with E-state index in [4.69, 9.17) is 30.0 Å². The Morgan fingerprint density at radius 1 is 1.14 bits per heavy atom. The second-order valence-corrected chi connectivity index (χ2v) is 9.64. The molecule has 1 N–H and O–H groups in total. The summed E-state index contributed by atoms with van der Waals surface area (Å²) < 4.78 is 48.5. The van der Waals surface area contributed by atoms with Gasteiger partial charge in [-0.25, -0.2) is 4.79 Å². The maximum Gasteiger partial charge on any atom is 0.330 e. The number of rotatable bonds is 8. The molecule has 0 bridgehead atoms. The molecule has 12 nitrogen and oxygen atoms in total. The van der Waals surface area contributed by atoms with Crippen LogP contribution >= 0.6 is 11.6 Å². The predicted molar refractivity (Wildman–Crippen MR) is 126 cm³/mol. The quantitative estimate of drug-likeness (QED) is 0.379. The van der Waals surface area contributed by atoms with Crippen LogP contribution in [0, 0.1) is 6.92 Å². The highest BCUT2D eigenvalue weighted by Crippen LogP contribution is 2.35. The van der Waals surface area contributed by atoms with Crippen molar-refractivity contribution in [1.29, 1.82) is 0 Å². The fourth-order valence-corrected chi connectivity index (χ4v) is 4.72. The molecule has 0 saturated carbocycles. The van der Waals surface area contributed by atoms with Gasteiger partial charge < -0.3 is 14.2 Å². The zero-order chi connectivity index (χ0) is 26.6. The van der Waals surface area contributed by atoms with E-state index in [1.807, 2.05) is 0 Å². The van der Waals surface area contributed by atoms with Crippen molar-refractivity contribution in [3.05, 3.63) is 68.0 Å². The third-order valence-electron chi connectivity index (χ3n) is 5.10. The second-order valence-electron chi connectivity index (χ2n) is 7.81. The molecule has 0 radical (unpaired) electrons. The summed E-state index contributed by atoms with van der Waals surface area (Å²) in [6.45, 7) is 3.49. The normalized spacial score (nSPS) is 22.0. The lowest BCUT2D eigenvalue weighted by Gasteiger charge is -2.24. The van der Waals surface area contributed by atoms with Gasteiger partial charge in [-0.1, -0.05) is 29.3 Å². The van der Waals surface area contributed by atoms with Crippen molar-refractivity contribution in [2.45, 2.75) is 50.2 Å². The second kappa shape index (κ2) is 11.2. The summed E-state index contributed by atoms with van der Waals surface area (Å²) in [5, 5.41) is 0. The number of esters is 2. The molecular weight excluding hydrogens is 520 g/mol. The minimum Gasteiger partial charge on any atom is -0.463 e. The number of aromatic nitrogens is 2. The van der Waals surface area contributed by atoms with Crippen molar-refractivity contribution in [3.63, 3.8) is 0 Å². The third kappa shape index (κ3) is 6.29. The molecule has 14 heteroatoms. The molecule has 4 atom stereocenters. The van der Waals surface area contributed by atoms with E-state index in [0.717, 1.165) is 35.7 Å². The van der Waals surface area contributed by atoms with Crippen molar-refractivity contribution in [1.82, 2.24) is 9.55 Å². The number of H-pyrrole nitrogens is 1. The Morgan fingerprint density at radius 3 is 2.39 bits per heavy atom. The minimum atomic E-state index is -4.43. The Kier molecular flexibility index (Phi) is 8.51. The Hall–Kier alpha value is -3.26. The van der Waals surface area contributed by atoms with Gasteiger partial charge in [-0.15, -0.1) is 0 Å². The number of aryl methyl sites for hydroxylation is 1. The number of aromatic amines is 1. The number of benzene rings is 1. The van der Waals surface area contributed by atoms with Crippen LogP contribution in [0.25, 0.3) is 6.08 Å². The number of halogens is 1. The summed E-state index contributed by atoms with van der Waals surface area (Å²) >= 11 is 5.56. The highest BCUT2D eigenvalue weighted by Gasteiger charge is 2.51. The Balaban J connectivity index is 2.09. The molecule has 1 aliphatic rings. The van der Waals surface area contributed by atoms with Crippen LogP contribution in [0.5, 0.6) is 0 Å². The first-order chi connectivity index (χ1) is 16.9. The molecule has 3 rings (SSSR count). The number of hydrogen-bond acceptors (Lipinski definition) is 10. The Bertz CT molecular complexity index is 1380.